The summed E-state index contributed by atoms with van der Waals surface area (Å²) in [5, 5.41) is 9.95. The number of carbonyl (C=O) groups is 1. The molecular weight excluding hydrogens is 406 g/mol. The Labute approximate surface area is 178 Å². The standard InChI is InChI=1S/C20H23N5O2S2/c21-13-15-1-3-16(4-2-15)17-14-23-19(28-17)24-7-9-25(10-8-24)29-20(18(22)26)5-11-27-12-6-20/h1-4,14H,5-12H2,(H2,22,26). The predicted octanol–water partition coefficient (Wildman–Crippen LogP) is 2.49. The van der Waals surface area contributed by atoms with Crippen LogP contribution in [-0.2, 0) is 9.53 Å². The molecule has 2 aliphatic heterocycles. The van der Waals surface area contributed by atoms with Gasteiger partial charge in [-0.1, -0.05) is 35.4 Å². The van der Waals surface area contributed by atoms with Gasteiger partial charge in [0, 0.05) is 45.6 Å². The van der Waals surface area contributed by atoms with E-state index in [9.17, 15) is 4.79 Å². The van der Waals surface area contributed by atoms with Crippen LogP contribution in [0.3, 0.4) is 0 Å². The monoisotopic (exact) mass is 429 g/mol. The molecule has 2 fully saturated rings. The number of nitrogens with zero attached hydrogens (tertiary/aromatic N) is 4. The maximum atomic E-state index is 12.1. The summed E-state index contributed by atoms with van der Waals surface area (Å²) in [4.78, 5) is 20.1. The Hall–Kier alpha value is -2.12. The molecule has 2 saturated heterocycles. The Kier molecular flexibility index (Phi) is 6.06. The fourth-order valence-electron chi connectivity index (χ4n) is 3.56. The first-order valence-corrected chi connectivity index (χ1v) is 11.2. The van der Waals surface area contributed by atoms with E-state index in [4.69, 9.17) is 15.7 Å². The van der Waals surface area contributed by atoms with Gasteiger partial charge in [-0.25, -0.2) is 9.29 Å². The summed E-state index contributed by atoms with van der Waals surface area (Å²) in [6.45, 7) is 4.61. The van der Waals surface area contributed by atoms with Gasteiger partial charge in [-0.15, -0.1) is 0 Å². The van der Waals surface area contributed by atoms with Gasteiger partial charge in [-0.2, -0.15) is 5.26 Å². The van der Waals surface area contributed by atoms with Crippen LogP contribution in [0.4, 0.5) is 5.13 Å². The third-order valence-electron chi connectivity index (χ3n) is 5.35. The molecule has 0 spiro atoms. The van der Waals surface area contributed by atoms with Crippen molar-refractivity contribution in [3.05, 3.63) is 36.0 Å². The zero-order chi connectivity index (χ0) is 20.3. The SMILES string of the molecule is N#Cc1ccc(-c2cnc(N3CCN(SC4(C(N)=O)CCOCC4)CC3)s2)cc1. The van der Waals surface area contributed by atoms with Gasteiger partial charge in [0.05, 0.1) is 16.5 Å². The maximum absolute atomic E-state index is 12.1. The molecule has 1 aromatic heterocycles. The van der Waals surface area contributed by atoms with Gasteiger partial charge in [-0.3, -0.25) is 4.79 Å². The minimum atomic E-state index is -0.537. The quantitative estimate of drug-likeness (QED) is 0.730. The molecule has 1 aromatic carbocycles. The topological polar surface area (TPSA) is 95.5 Å². The van der Waals surface area contributed by atoms with Crippen LogP contribution in [0.2, 0.25) is 0 Å². The van der Waals surface area contributed by atoms with Crippen LogP contribution < -0.4 is 10.6 Å². The molecule has 152 valence electrons. The molecule has 0 bridgehead atoms. The molecule has 1 amide bonds. The molecule has 3 heterocycles. The predicted molar refractivity (Wildman–Crippen MR) is 116 cm³/mol. The first kappa shape index (κ1) is 20.2. The molecule has 29 heavy (non-hydrogen) atoms. The fourth-order valence-corrected chi connectivity index (χ4v) is 5.81. The van der Waals surface area contributed by atoms with Crippen LogP contribution in [0.1, 0.15) is 18.4 Å². The smallest absolute Gasteiger partial charge is 0.235 e. The van der Waals surface area contributed by atoms with Crippen molar-refractivity contribution >= 4 is 34.3 Å². The Morgan fingerprint density at radius 3 is 2.52 bits per heavy atom. The number of hydrogen-bond donors (Lipinski definition) is 1. The van der Waals surface area contributed by atoms with Gasteiger partial charge < -0.3 is 15.4 Å². The number of primary amides is 1. The number of thiazole rings is 1. The minimum Gasteiger partial charge on any atom is -0.381 e. The highest BCUT2D eigenvalue weighted by molar-refractivity contribution is 7.99. The van der Waals surface area contributed by atoms with Crippen LogP contribution in [0.25, 0.3) is 10.4 Å². The summed E-state index contributed by atoms with van der Waals surface area (Å²) in [6.07, 6.45) is 3.24. The highest BCUT2D eigenvalue weighted by atomic mass is 32.2. The van der Waals surface area contributed by atoms with Crippen LogP contribution in [-0.4, -0.2) is 59.3 Å². The third kappa shape index (κ3) is 4.41. The van der Waals surface area contributed by atoms with Crippen molar-refractivity contribution in [1.82, 2.24) is 9.29 Å². The molecule has 2 N–H and O–H groups in total. The number of carbonyl (C=O) groups excluding carboxylic acids is 1. The van der Waals surface area contributed by atoms with E-state index in [2.05, 4.69) is 20.3 Å². The lowest BCUT2D eigenvalue weighted by Crippen LogP contribution is -2.51. The normalized spacial score (nSPS) is 19.6. The van der Waals surface area contributed by atoms with Gasteiger partial charge in [0.2, 0.25) is 5.91 Å². The van der Waals surface area contributed by atoms with E-state index in [0.29, 0.717) is 31.6 Å². The highest BCUT2D eigenvalue weighted by Crippen LogP contribution is 2.39. The molecule has 0 radical (unpaired) electrons. The van der Waals surface area contributed by atoms with Crippen molar-refractivity contribution in [2.45, 2.75) is 17.6 Å². The largest absolute Gasteiger partial charge is 0.381 e. The zero-order valence-electron chi connectivity index (χ0n) is 16.0. The maximum Gasteiger partial charge on any atom is 0.235 e. The Balaban J connectivity index is 1.37. The second-order valence-corrected chi connectivity index (χ2v) is 9.66. The van der Waals surface area contributed by atoms with Crippen molar-refractivity contribution in [3.8, 4) is 16.5 Å². The van der Waals surface area contributed by atoms with E-state index < -0.39 is 4.75 Å². The van der Waals surface area contributed by atoms with Gasteiger partial charge in [0.15, 0.2) is 5.13 Å². The number of rotatable bonds is 5. The molecule has 0 saturated carbocycles. The van der Waals surface area contributed by atoms with Crippen LogP contribution in [0.5, 0.6) is 0 Å². The van der Waals surface area contributed by atoms with Gasteiger partial charge in [-0.05, 0) is 30.5 Å². The minimum absolute atomic E-state index is 0.236. The number of ether oxygens (including phenoxy) is 1. The van der Waals surface area contributed by atoms with Gasteiger partial charge in [0.25, 0.3) is 0 Å². The lowest BCUT2D eigenvalue weighted by Gasteiger charge is -2.40. The second kappa shape index (κ2) is 8.71. The molecule has 2 aromatic rings. The Morgan fingerprint density at radius 1 is 1.21 bits per heavy atom. The second-order valence-electron chi connectivity index (χ2n) is 7.17. The van der Waals surface area contributed by atoms with E-state index in [-0.39, 0.29) is 5.91 Å². The fraction of sp³-hybridized carbons (Fsp3) is 0.450. The van der Waals surface area contributed by atoms with Crippen molar-refractivity contribution < 1.29 is 9.53 Å². The van der Waals surface area contributed by atoms with Crippen molar-refractivity contribution in [2.75, 3.05) is 44.3 Å². The van der Waals surface area contributed by atoms with E-state index in [0.717, 1.165) is 41.8 Å². The molecule has 0 unspecified atom stereocenters. The first-order chi connectivity index (χ1) is 14.1. The van der Waals surface area contributed by atoms with Crippen molar-refractivity contribution in [2.24, 2.45) is 5.73 Å². The Morgan fingerprint density at radius 2 is 1.90 bits per heavy atom. The summed E-state index contributed by atoms with van der Waals surface area (Å²) in [5.41, 5.74) is 7.47. The average molecular weight is 430 g/mol. The number of anilines is 1. The third-order valence-corrected chi connectivity index (χ3v) is 8.04. The summed E-state index contributed by atoms with van der Waals surface area (Å²) >= 11 is 3.27. The van der Waals surface area contributed by atoms with E-state index >= 15 is 0 Å². The number of piperazine rings is 1. The molecule has 7 nitrogen and oxygen atoms in total. The van der Waals surface area contributed by atoms with E-state index in [1.54, 1.807) is 23.3 Å². The molecule has 0 atom stereocenters. The van der Waals surface area contributed by atoms with Crippen LogP contribution in [0.15, 0.2) is 30.5 Å². The number of amides is 1. The Bertz CT molecular complexity index is 894. The number of hydrogen-bond acceptors (Lipinski definition) is 8. The first-order valence-electron chi connectivity index (χ1n) is 9.63. The lowest BCUT2D eigenvalue weighted by atomic mass is 9.98. The van der Waals surface area contributed by atoms with Crippen molar-refractivity contribution in [1.29, 1.82) is 5.26 Å². The molecule has 0 aliphatic carbocycles. The lowest BCUT2D eigenvalue weighted by molar-refractivity contribution is -0.122. The summed E-state index contributed by atoms with van der Waals surface area (Å²) < 4.78 is 7.15. The van der Waals surface area contributed by atoms with Gasteiger partial charge >= 0.3 is 0 Å². The number of nitrogens with two attached hydrogens (primary N) is 1. The van der Waals surface area contributed by atoms with Crippen LogP contribution >= 0.6 is 23.3 Å². The molecule has 2 aliphatic rings. The number of benzene rings is 1. The average Bonchev–Trinajstić information content (AvgIpc) is 3.25. The zero-order valence-corrected chi connectivity index (χ0v) is 17.7. The summed E-state index contributed by atoms with van der Waals surface area (Å²) in [5.74, 6) is -0.236. The van der Waals surface area contributed by atoms with Crippen molar-refractivity contribution in [3.63, 3.8) is 0 Å². The molecular formula is C20H23N5O2S2. The summed E-state index contributed by atoms with van der Waals surface area (Å²) in [7, 11) is 0. The summed E-state index contributed by atoms with van der Waals surface area (Å²) in [6, 6.07) is 9.72. The van der Waals surface area contributed by atoms with E-state index in [1.165, 1.54) is 0 Å². The number of nitriles is 1. The number of aromatic nitrogens is 1. The van der Waals surface area contributed by atoms with E-state index in [1.807, 2.05) is 30.5 Å². The highest BCUT2D eigenvalue weighted by Gasteiger charge is 2.41. The van der Waals surface area contributed by atoms with Crippen LogP contribution in [0, 0.1) is 11.3 Å². The molecule has 9 heteroatoms. The molecule has 4 rings (SSSR count). The van der Waals surface area contributed by atoms with Gasteiger partial charge in [0.1, 0.15) is 4.75 Å².